The van der Waals surface area contributed by atoms with Crippen LogP contribution in [0.3, 0.4) is 0 Å². The molecule has 2 fully saturated rings. The van der Waals surface area contributed by atoms with Gasteiger partial charge >= 0.3 is 0 Å². The maximum atomic E-state index is 13.2. The summed E-state index contributed by atoms with van der Waals surface area (Å²) < 4.78 is 27.2. The molecule has 0 unspecified atom stereocenters. The Balaban J connectivity index is 1.52. The highest BCUT2D eigenvalue weighted by Crippen LogP contribution is 2.42. The lowest BCUT2D eigenvalue weighted by Gasteiger charge is -2.28. The van der Waals surface area contributed by atoms with E-state index in [2.05, 4.69) is 5.32 Å². The van der Waals surface area contributed by atoms with E-state index in [1.54, 1.807) is 28.6 Å². The van der Waals surface area contributed by atoms with Crippen LogP contribution in [0.15, 0.2) is 59.5 Å². The SMILES string of the molecule is O=C(Nc1ccc(S(=O)(=O)N2CCCCC2)cc1)C1(c2ccccc2)CCCC1. The van der Waals surface area contributed by atoms with Crippen LogP contribution in [0, 0.1) is 0 Å². The fraction of sp³-hybridized carbons (Fsp3) is 0.435. The molecule has 0 atom stereocenters. The lowest BCUT2D eigenvalue weighted by atomic mass is 9.78. The van der Waals surface area contributed by atoms with Crippen LogP contribution < -0.4 is 5.32 Å². The lowest BCUT2D eigenvalue weighted by molar-refractivity contribution is -0.121. The van der Waals surface area contributed by atoms with Gasteiger partial charge < -0.3 is 5.32 Å². The topological polar surface area (TPSA) is 66.5 Å². The van der Waals surface area contributed by atoms with E-state index >= 15 is 0 Å². The molecule has 6 heteroatoms. The summed E-state index contributed by atoms with van der Waals surface area (Å²) in [5.74, 6) is -0.00663. The zero-order valence-corrected chi connectivity index (χ0v) is 17.5. The van der Waals surface area contributed by atoms with Crippen molar-refractivity contribution in [3.63, 3.8) is 0 Å². The highest BCUT2D eigenvalue weighted by molar-refractivity contribution is 7.89. The van der Waals surface area contributed by atoms with E-state index in [0.717, 1.165) is 50.5 Å². The number of hydrogen-bond acceptors (Lipinski definition) is 3. The number of piperidine rings is 1. The Kier molecular flexibility index (Phi) is 5.74. The molecule has 2 aromatic rings. The summed E-state index contributed by atoms with van der Waals surface area (Å²) >= 11 is 0. The van der Waals surface area contributed by atoms with E-state index in [9.17, 15) is 13.2 Å². The van der Waals surface area contributed by atoms with Gasteiger partial charge in [0.15, 0.2) is 0 Å². The Labute approximate surface area is 173 Å². The fourth-order valence-corrected chi connectivity index (χ4v) is 6.11. The molecule has 5 nitrogen and oxygen atoms in total. The number of carbonyl (C=O) groups is 1. The zero-order chi connectivity index (χ0) is 20.3. The average molecular weight is 413 g/mol. The molecule has 0 bridgehead atoms. The van der Waals surface area contributed by atoms with Crippen LogP contribution in [0.25, 0.3) is 0 Å². The molecule has 154 valence electrons. The highest BCUT2D eigenvalue weighted by Gasteiger charge is 2.42. The van der Waals surface area contributed by atoms with E-state index < -0.39 is 15.4 Å². The van der Waals surface area contributed by atoms with E-state index in [-0.39, 0.29) is 10.8 Å². The zero-order valence-electron chi connectivity index (χ0n) is 16.6. The van der Waals surface area contributed by atoms with E-state index in [4.69, 9.17) is 0 Å². The van der Waals surface area contributed by atoms with Crippen molar-refractivity contribution in [2.45, 2.75) is 55.3 Å². The van der Waals surface area contributed by atoms with Gasteiger partial charge in [0.1, 0.15) is 0 Å². The molecular weight excluding hydrogens is 384 g/mol. The molecule has 1 heterocycles. The Morgan fingerprint density at radius 2 is 1.45 bits per heavy atom. The summed E-state index contributed by atoms with van der Waals surface area (Å²) in [5, 5.41) is 3.03. The summed E-state index contributed by atoms with van der Waals surface area (Å²) in [6.45, 7) is 1.17. The second-order valence-electron chi connectivity index (χ2n) is 8.10. The van der Waals surface area contributed by atoms with Gasteiger partial charge in [-0.25, -0.2) is 8.42 Å². The first-order valence-electron chi connectivity index (χ1n) is 10.5. The molecule has 1 saturated carbocycles. The van der Waals surface area contributed by atoms with Gasteiger partial charge in [0.05, 0.1) is 10.3 Å². The largest absolute Gasteiger partial charge is 0.325 e. The van der Waals surface area contributed by atoms with Crippen LogP contribution in [0.5, 0.6) is 0 Å². The molecule has 2 aliphatic rings. The summed E-state index contributed by atoms with van der Waals surface area (Å²) in [7, 11) is -3.46. The second kappa shape index (κ2) is 8.28. The van der Waals surface area contributed by atoms with Crippen LogP contribution in [0.4, 0.5) is 5.69 Å². The van der Waals surface area contributed by atoms with Crippen molar-refractivity contribution in [2.75, 3.05) is 18.4 Å². The van der Waals surface area contributed by atoms with Gasteiger partial charge in [0.25, 0.3) is 0 Å². The Hall–Kier alpha value is -2.18. The summed E-state index contributed by atoms with van der Waals surface area (Å²) in [6, 6.07) is 16.6. The predicted octanol–water partition coefficient (Wildman–Crippen LogP) is 4.31. The molecule has 0 radical (unpaired) electrons. The van der Waals surface area contributed by atoms with Crippen LogP contribution in [-0.4, -0.2) is 31.7 Å². The minimum absolute atomic E-state index is 0.00663. The Bertz CT molecular complexity index is 943. The molecule has 0 aromatic heterocycles. The molecule has 1 aliphatic heterocycles. The first kappa shape index (κ1) is 20.1. The quantitative estimate of drug-likeness (QED) is 0.796. The van der Waals surface area contributed by atoms with Crippen LogP contribution in [-0.2, 0) is 20.2 Å². The fourth-order valence-electron chi connectivity index (χ4n) is 4.60. The van der Waals surface area contributed by atoms with Crippen molar-refractivity contribution >= 4 is 21.6 Å². The van der Waals surface area contributed by atoms with Crippen molar-refractivity contribution in [2.24, 2.45) is 0 Å². The molecule has 2 aromatic carbocycles. The smallest absolute Gasteiger partial charge is 0.243 e. The molecule has 1 amide bonds. The summed E-state index contributed by atoms with van der Waals surface area (Å²) in [5.41, 5.74) is 1.19. The van der Waals surface area contributed by atoms with Gasteiger partial charge in [0, 0.05) is 18.8 Å². The normalized spacial score (nSPS) is 19.7. The van der Waals surface area contributed by atoms with Crippen LogP contribution in [0.1, 0.15) is 50.5 Å². The van der Waals surface area contributed by atoms with Crippen LogP contribution in [0.2, 0.25) is 0 Å². The van der Waals surface area contributed by atoms with E-state index in [1.807, 2.05) is 30.3 Å². The number of nitrogens with one attached hydrogen (secondary N) is 1. The molecule has 1 saturated heterocycles. The number of benzene rings is 2. The van der Waals surface area contributed by atoms with Crippen LogP contribution >= 0.6 is 0 Å². The molecule has 4 rings (SSSR count). The summed E-state index contributed by atoms with van der Waals surface area (Å²) in [4.78, 5) is 13.5. The van der Waals surface area contributed by atoms with Gasteiger partial charge in [-0.1, -0.05) is 49.6 Å². The Morgan fingerprint density at radius 1 is 0.828 bits per heavy atom. The molecule has 29 heavy (non-hydrogen) atoms. The van der Waals surface area contributed by atoms with Crippen molar-refractivity contribution in [1.82, 2.24) is 4.31 Å². The standard InChI is InChI=1S/C23H28N2O3S/c26-22(23(15-5-6-16-23)19-9-3-1-4-10-19)24-20-11-13-21(14-12-20)29(27,28)25-17-7-2-8-18-25/h1,3-4,9-14H,2,5-8,15-18H2,(H,24,26). The summed E-state index contributed by atoms with van der Waals surface area (Å²) in [6.07, 6.45) is 6.66. The third-order valence-electron chi connectivity index (χ3n) is 6.28. The number of hydrogen-bond donors (Lipinski definition) is 1. The maximum absolute atomic E-state index is 13.2. The minimum Gasteiger partial charge on any atom is -0.325 e. The molecule has 1 aliphatic carbocycles. The minimum atomic E-state index is -3.46. The molecule has 0 spiro atoms. The molecule has 1 N–H and O–H groups in total. The van der Waals surface area contributed by atoms with Crippen molar-refractivity contribution in [1.29, 1.82) is 0 Å². The third kappa shape index (κ3) is 3.96. The number of carbonyl (C=O) groups excluding carboxylic acids is 1. The third-order valence-corrected chi connectivity index (χ3v) is 8.20. The van der Waals surface area contributed by atoms with Gasteiger partial charge in [-0.3, -0.25) is 4.79 Å². The van der Waals surface area contributed by atoms with Crippen molar-refractivity contribution in [3.8, 4) is 0 Å². The maximum Gasteiger partial charge on any atom is 0.243 e. The average Bonchev–Trinajstić information content (AvgIpc) is 3.27. The number of amides is 1. The predicted molar refractivity (Wildman–Crippen MR) is 114 cm³/mol. The van der Waals surface area contributed by atoms with Gasteiger partial charge in [-0.15, -0.1) is 0 Å². The van der Waals surface area contributed by atoms with E-state index in [0.29, 0.717) is 18.8 Å². The van der Waals surface area contributed by atoms with Crippen molar-refractivity contribution in [3.05, 3.63) is 60.2 Å². The number of nitrogens with zero attached hydrogens (tertiary/aromatic N) is 1. The Morgan fingerprint density at radius 3 is 2.07 bits per heavy atom. The van der Waals surface area contributed by atoms with Gasteiger partial charge in [0.2, 0.25) is 15.9 Å². The number of rotatable bonds is 5. The lowest BCUT2D eigenvalue weighted by Crippen LogP contribution is -2.38. The van der Waals surface area contributed by atoms with Crippen molar-refractivity contribution < 1.29 is 13.2 Å². The first-order valence-corrected chi connectivity index (χ1v) is 11.9. The highest BCUT2D eigenvalue weighted by atomic mass is 32.2. The first-order chi connectivity index (χ1) is 14.0. The number of sulfonamides is 1. The monoisotopic (exact) mass is 412 g/mol. The number of anilines is 1. The van der Waals surface area contributed by atoms with E-state index in [1.165, 1.54) is 0 Å². The van der Waals surface area contributed by atoms with Gasteiger partial charge in [-0.2, -0.15) is 4.31 Å². The molecular formula is C23H28N2O3S. The van der Waals surface area contributed by atoms with Gasteiger partial charge in [-0.05, 0) is 55.5 Å². The second-order valence-corrected chi connectivity index (χ2v) is 10.0.